The summed E-state index contributed by atoms with van der Waals surface area (Å²) in [5.41, 5.74) is 1.22. The summed E-state index contributed by atoms with van der Waals surface area (Å²) in [7, 11) is 2.93. The number of aromatic amines is 1. The van der Waals surface area contributed by atoms with Gasteiger partial charge in [-0.15, -0.1) is 0 Å². The van der Waals surface area contributed by atoms with Gasteiger partial charge in [-0.05, 0) is 6.07 Å². The minimum Gasteiger partial charge on any atom is -0.382 e. The summed E-state index contributed by atoms with van der Waals surface area (Å²) in [4.78, 5) is 27.3. The van der Waals surface area contributed by atoms with Crippen LogP contribution >= 0.6 is 11.6 Å². The average Bonchev–Trinajstić information content (AvgIpc) is 3.05. The first kappa shape index (κ1) is 18.0. The third kappa shape index (κ3) is 3.58. The normalized spacial score (nSPS) is 12.2. The quantitative estimate of drug-likeness (QED) is 0.606. The number of carbonyl (C=O) groups excluding carboxylic acids is 1. The number of hydrogen-bond donors (Lipinski definition) is 3. The highest BCUT2D eigenvalue weighted by Gasteiger charge is 2.20. The molecule has 1 atom stereocenters. The van der Waals surface area contributed by atoms with E-state index in [1.54, 1.807) is 12.3 Å². The fraction of sp³-hybridized carbons (Fsp3) is 0.250. The molecule has 8 nitrogen and oxygen atoms in total. The Morgan fingerprint density at radius 3 is 2.96 bits per heavy atom. The van der Waals surface area contributed by atoms with Gasteiger partial charge < -0.3 is 20.4 Å². The van der Waals surface area contributed by atoms with Crippen molar-refractivity contribution >= 4 is 34.4 Å². The smallest absolute Gasteiger partial charge is 0.244 e. The molecule has 3 N–H and O–H groups in total. The van der Waals surface area contributed by atoms with Crippen LogP contribution in [0.25, 0.3) is 22.4 Å². The van der Waals surface area contributed by atoms with Crippen molar-refractivity contribution in [3.8, 4) is 11.4 Å². The molecule has 0 unspecified atom stereocenters. The zero-order valence-electron chi connectivity index (χ0n) is 14.0. The fourth-order valence-corrected chi connectivity index (χ4v) is 2.61. The number of H-pyrrole nitrogens is 1. The monoisotopic (exact) mass is 378 g/mol. The number of fused-ring (bicyclic) bond motifs is 1. The van der Waals surface area contributed by atoms with E-state index in [1.807, 2.05) is 0 Å². The summed E-state index contributed by atoms with van der Waals surface area (Å²) in [6, 6.07) is 0.912. The van der Waals surface area contributed by atoms with E-state index in [2.05, 4.69) is 30.6 Å². The lowest BCUT2D eigenvalue weighted by Crippen LogP contribution is -2.41. The van der Waals surface area contributed by atoms with Gasteiger partial charge in [-0.25, -0.2) is 19.3 Å². The van der Waals surface area contributed by atoms with Crippen LogP contribution in [0.2, 0.25) is 5.02 Å². The standard InChI is InChI=1S/C16H16ClFN6O2/c1-19-16(25)12(7-26-2)23-15-11(18)6-22-14(24-15)10-5-21-13-9(10)3-8(17)4-20-13/h3-6,12H,7H2,1-2H3,(H,19,25)(H,20,21)(H,22,23,24)/t12-/m0/s1. The van der Waals surface area contributed by atoms with Crippen LogP contribution in [-0.2, 0) is 9.53 Å². The van der Waals surface area contributed by atoms with E-state index in [1.165, 1.54) is 20.4 Å². The number of aromatic nitrogens is 4. The number of halogens is 2. The van der Waals surface area contributed by atoms with Crippen LogP contribution in [0.15, 0.2) is 24.7 Å². The van der Waals surface area contributed by atoms with E-state index >= 15 is 0 Å². The Morgan fingerprint density at radius 1 is 1.42 bits per heavy atom. The van der Waals surface area contributed by atoms with E-state index in [-0.39, 0.29) is 24.2 Å². The molecule has 1 amide bonds. The van der Waals surface area contributed by atoms with Gasteiger partial charge >= 0.3 is 0 Å². The molecule has 0 saturated carbocycles. The van der Waals surface area contributed by atoms with Crippen molar-refractivity contribution in [3.05, 3.63) is 35.5 Å². The molecule has 10 heteroatoms. The third-order valence-corrected chi connectivity index (χ3v) is 3.90. The number of pyridine rings is 1. The van der Waals surface area contributed by atoms with Crippen molar-refractivity contribution in [2.75, 3.05) is 26.1 Å². The Morgan fingerprint density at radius 2 is 2.23 bits per heavy atom. The largest absolute Gasteiger partial charge is 0.382 e. The van der Waals surface area contributed by atoms with Crippen molar-refractivity contribution in [2.45, 2.75) is 6.04 Å². The highest BCUT2D eigenvalue weighted by atomic mass is 35.5. The van der Waals surface area contributed by atoms with Gasteiger partial charge in [0.05, 0.1) is 17.8 Å². The van der Waals surface area contributed by atoms with Crippen molar-refractivity contribution < 1.29 is 13.9 Å². The molecule has 3 heterocycles. The van der Waals surface area contributed by atoms with Crippen molar-refractivity contribution in [2.24, 2.45) is 0 Å². The molecule has 0 radical (unpaired) electrons. The molecule has 0 saturated heterocycles. The fourth-order valence-electron chi connectivity index (χ4n) is 2.45. The van der Waals surface area contributed by atoms with Gasteiger partial charge in [0.15, 0.2) is 17.5 Å². The van der Waals surface area contributed by atoms with Crippen molar-refractivity contribution in [3.63, 3.8) is 0 Å². The van der Waals surface area contributed by atoms with Crippen molar-refractivity contribution in [1.29, 1.82) is 0 Å². The van der Waals surface area contributed by atoms with Crippen LogP contribution < -0.4 is 10.6 Å². The topological polar surface area (TPSA) is 105 Å². The van der Waals surface area contributed by atoms with Crippen LogP contribution in [0.3, 0.4) is 0 Å². The number of ether oxygens (including phenoxy) is 1. The molecule has 0 aromatic carbocycles. The summed E-state index contributed by atoms with van der Waals surface area (Å²) < 4.78 is 19.2. The summed E-state index contributed by atoms with van der Waals surface area (Å²) in [5, 5.41) is 6.39. The number of carbonyl (C=O) groups is 1. The number of anilines is 1. The predicted octanol–water partition coefficient (Wildman–Crippen LogP) is 1.99. The Kier molecular flexibility index (Phi) is 5.29. The number of hydrogen-bond acceptors (Lipinski definition) is 6. The predicted molar refractivity (Wildman–Crippen MR) is 95.4 cm³/mol. The molecule has 0 aliphatic rings. The summed E-state index contributed by atoms with van der Waals surface area (Å²) in [6.07, 6.45) is 4.22. The van der Waals surface area contributed by atoms with Gasteiger partial charge in [0.1, 0.15) is 11.7 Å². The lowest BCUT2D eigenvalue weighted by atomic mass is 10.2. The number of amides is 1. The van der Waals surface area contributed by atoms with Crippen LogP contribution in [0, 0.1) is 5.82 Å². The zero-order valence-corrected chi connectivity index (χ0v) is 14.8. The second-order valence-corrected chi connectivity index (χ2v) is 5.85. The molecular formula is C16H16ClFN6O2. The highest BCUT2D eigenvalue weighted by Crippen LogP contribution is 2.28. The number of likely N-dealkylation sites (N-methyl/N-ethyl adjacent to an activating group) is 1. The summed E-state index contributed by atoms with van der Waals surface area (Å²) in [6.45, 7) is 0.0467. The zero-order chi connectivity index (χ0) is 18.7. The van der Waals surface area contributed by atoms with Gasteiger partial charge in [-0.3, -0.25) is 4.79 Å². The van der Waals surface area contributed by atoms with E-state index < -0.39 is 11.9 Å². The lowest BCUT2D eigenvalue weighted by Gasteiger charge is -2.17. The molecule has 3 rings (SSSR count). The number of methoxy groups -OCH3 is 1. The van der Waals surface area contributed by atoms with Crippen LogP contribution in [0.1, 0.15) is 0 Å². The van der Waals surface area contributed by atoms with Crippen LogP contribution in [0.4, 0.5) is 10.2 Å². The third-order valence-electron chi connectivity index (χ3n) is 3.69. The maximum atomic E-state index is 14.2. The molecule has 3 aromatic rings. The first-order valence-electron chi connectivity index (χ1n) is 7.66. The Bertz CT molecular complexity index is 948. The maximum absolute atomic E-state index is 14.2. The number of rotatable bonds is 6. The molecule has 3 aromatic heterocycles. The molecule has 0 aliphatic heterocycles. The number of nitrogens with one attached hydrogen (secondary N) is 3. The first-order chi connectivity index (χ1) is 12.5. The Labute approximate surface area is 153 Å². The van der Waals surface area contributed by atoms with E-state index in [9.17, 15) is 9.18 Å². The van der Waals surface area contributed by atoms with E-state index in [0.29, 0.717) is 21.6 Å². The van der Waals surface area contributed by atoms with Crippen LogP contribution in [0.5, 0.6) is 0 Å². The lowest BCUT2D eigenvalue weighted by molar-refractivity contribution is -0.122. The van der Waals surface area contributed by atoms with Gasteiger partial charge in [0.2, 0.25) is 5.91 Å². The summed E-state index contributed by atoms with van der Waals surface area (Å²) >= 11 is 6.00. The SMILES string of the molecule is CNC(=O)[C@H](COC)Nc1nc(-c2c[nH]c3ncc(Cl)cc23)ncc1F. The van der Waals surface area contributed by atoms with Crippen molar-refractivity contribution in [1.82, 2.24) is 25.3 Å². The van der Waals surface area contributed by atoms with Gasteiger partial charge in [0.25, 0.3) is 0 Å². The molecule has 0 aliphatic carbocycles. The van der Waals surface area contributed by atoms with Gasteiger partial charge in [-0.2, -0.15) is 0 Å². The Hall–Kier alpha value is -2.78. The molecule has 136 valence electrons. The maximum Gasteiger partial charge on any atom is 0.244 e. The van der Waals surface area contributed by atoms with Gasteiger partial charge in [-0.1, -0.05) is 11.6 Å². The first-order valence-corrected chi connectivity index (χ1v) is 8.04. The number of nitrogens with zero attached hydrogens (tertiary/aromatic N) is 3. The van der Waals surface area contributed by atoms with E-state index in [0.717, 1.165) is 6.20 Å². The molecule has 0 spiro atoms. The minimum atomic E-state index is -0.804. The average molecular weight is 379 g/mol. The minimum absolute atomic E-state index is 0.0467. The second kappa shape index (κ2) is 7.63. The van der Waals surface area contributed by atoms with Gasteiger partial charge in [0, 0.05) is 37.5 Å². The summed E-state index contributed by atoms with van der Waals surface area (Å²) in [5.74, 6) is -0.883. The second-order valence-electron chi connectivity index (χ2n) is 5.41. The molecular weight excluding hydrogens is 363 g/mol. The van der Waals surface area contributed by atoms with E-state index in [4.69, 9.17) is 16.3 Å². The highest BCUT2D eigenvalue weighted by molar-refractivity contribution is 6.31. The van der Waals surface area contributed by atoms with Crippen LogP contribution in [-0.4, -0.2) is 52.6 Å². The molecule has 0 fully saturated rings. The Balaban J connectivity index is 1.99. The molecule has 0 bridgehead atoms. The molecule has 26 heavy (non-hydrogen) atoms.